The lowest BCUT2D eigenvalue weighted by atomic mass is 9.89. The van der Waals surface area contributed by atoms with Gasteiger partial charge in [-0.05, 0) is 31.4 Å². The smallest absolute Gasteiger partial charge is 0.255 e. The number of rotatable bonds is 4. The van der Waals surface area contributed by atoms with Crippen molar-refractivity contribution >= 4 is 5.91 Å². The molecule has 1 heterocycles. The summed E-state index contributed by atoms with van der Waals surface area (Å²) in [6.45, 7) is 1.30. The summed E-state index contributed by atoms with van der Waals surface area (Å²) < 4.78 is 21.9. The zero-order chi connectivity index (χ0) is 16.2. The Labute approximate surface area is 136 Å². The molecule has 0 radical (unpaired) electrons. The van der Waals surface area contributed by atoms with Crippen LogP contribution < -0.4 is 14.8 Å². The summed E-state index contributed by atoms with van der Waals surface area (Å²) in [5, 5.41) is 3.09. The van der Waals surface area contributed by atoms with E-state index >= 15 is 0 Å². The third-order valence-electron chi connectivity index (χ3n) is 4.47. The Hall–Kier alpha value is -1.79. The summed E-state index contributed by atoms with van der Waals surface area (Å²) in [5.41, 5.74) is 0.510. The van der Waals surface area contributed by atoms with Crippen molar-refractivity contribution in [2.45, 2.75) is 37.5 Å². The Balaban J connectivity index is 1.65. The van der Waals surface area contributed by atoms with Gasteiger partial charge in [0.2, 0.25) is 0 Å². The van der Waals surface area contributed by atoms with Gasteiger partial charge in [0.05, 0.1) is 45.2 Å². The van der Waals surface area contributed by atoms with Crippen LogP contribution in [0.4, 0.5) is 0 Å². The quantitative estimate of drug-likeness (QED) is 0.915. The van der Waals surface area contributed by atoms with Crippen molar-refractivity contribution in [1.29, 1.82) is 0 Å². The van der Waals surface area contributed by atoms with Crippen LogP contribution in [0.15, 0.2) is 18.2 Å². The highest BCUT2D eigenvalue weighted by Gasteiger charge is 2.35. The molecule has 1 saturated carbocycles. The highest BCUT2D eigenvalue weighted by atomic mass is 16.6. The Morgan fingerprint density at radius 2 is 1.91 bits per heavy atom. The predicted octanol–water partition coefficient (Wildman–Crippen LogP) is 1.77. The Bertz CT molecular complexity index is 562. The number of methoxy groups -OCH3 is 2. The van der Waals surface area contributed by atoms with E-state index in [4.69, 9.17) is 18.9 Å². The van der Waals surface area contributed by atoms with Crippen LogP contribution in [0.25, 0.3) is 0 Å². The lowest BCUT2D eigenvalue weighted by Gasteiger charge is -2.39. The first-order chi connectivity index (χ1) is 11.2. The minimum Gasteiger partial charge on any atom is -0.497 e. The summed E-state index contributed by atoms with van der Waals surface area (Å²) in [4.78, 5) is 12.5. The molecule has 3 atom stereocenters. The van der Waals surface area contributed by atoms with E-state index in [1.165, 1.54) is 0 Å². The van der Waals surface area contributed by atoms with Crippen molar-refractivity contribution in [1.82, 2.24) is 5.32 Å². The SMILES string of the molecule is COc1ccc(C(=O)NC2CCC3OCCOC3C2)c(OC)c1. The zero-order valence-electron chi connectivity index (χ0n) is 13.5. The van der Waals surface area contributed by atoms with Gasteiger partial charge in [-0.3, -0.25) is 4.79 Å². The lowest BCUT2D eigenvalue weighted by molar-refractivity contribution is -0.157. The van der Waals surface area contributed by atoms with Gasteiger partial charge < -0.3 is 24.3 Å². The molecule has 1 aromatic carbocycles. The summed E-state index contributed by atoms with van der Waals surface area (Å²) in [6, 6.07) is 5.28. The topological polar surface area (TPSA) is 66.0 Å². The first-order valence-corrected chi connectivity index (χ1v) is 7.97. The van der Waals surface area contributed by atoms with Gasteiger partial charge in [-0.15, -0.1) is 0 Å². The summed E-state index contributed by atoms with van der Waals surface area (Å²) in [5.74, 6) is 1.03. The van der Waals surface area contributed by atoms with Crippen LogP contribution in [0.1, 0.15) is 29.6 Å². The van der Waals surface area contributed by atoms with Gasteiger partial charge in [-0.25, -0.2) is 0 Å². The third kappa shape index (κ3) is 3.59. The fourth-order valence-corrected chi connectivity index (χ4v) is 3.25. The largest absolute Gasteiger partial charge is 0.497 e. The highest BCUT2D eigenvalue weighted by Crippen LogP contribution is 2.28. The molecular formula is C17H23NO5. The van der Waals surface area contributed by atoms with Crippen LogP contribution >= 0.6 is 0 Å². The first kappa shape index (κ1) is 16.1. The Kier molecular flexibility index (Phi) is 5.03. The van der Waals surface area contributed by atoms with Crippen LogP contribution in [0.2, 0.25) is 0 Å². The van der Waals surface area contributed by atoms with E-state index in [1.54, 1.807) is 32.4 Å². The lowest BCUT2D eigenvalue weighted by Crippen LogP contribution is -2.49. The monoisotopic (exact) mass is 321 g/mol. The molecule has 0 spiro atoms. The van der Waals surface area contributed by atoms with Crippen LogP contribution in [0, 0.1) is 0 Å². The first-order valence-electron chi connectivity index (χ1n) is 7.97. The molecule has 1 aliphatic carbocycles. The molecule has 0 bridgehead atoms. The average molecular weight is 321 g/mol. The van der Waals surface area contributed by atoms with Gasteiger partial charge in [0.15, 0.2) is 0 Å². The second-order valence-corrected chi connectivity index (χ2v) is 5.87. The molecule has 6 heteroatoms. The fourth-order valence-electron chi connectivity index (χ4n) is 3.25. The number of carbonyl (C=O) groups excluding carboxylic acids is 1. The average Bonchev–Trinajstić information content (AvgIpc) is 2.60. The van der Waals surface area contributed by atoms with Gasteiger partial charge in [0.1, 0.15) is 11.5 Å². The van der Waals surface area contributed by atoms with Crippen molar-refractivity contribution in [3.63, 3.8) is 0 Å². The maximum Gasteiger partial charge on any atom is 0.255 e. The van der Waals surface area contributed by atoms with Crippen LogP contribution in [-0.2, 0) is 9.47 Å². The molecule has 6 nitrogen and oxygen atoms in total. The molecule has 2 aliphatic rings. The van der Waals surface area contributed by atoms with Gasteiger partial charge >= 0.3 is 0 Å². The Morgan fingerprint density at radius 3 is 2.65 bits per heavy atom. The molecule has 1 aromatic rings. The third-order valence-corrected chi connectivity index (χ3v) is 4.47. The van der Waals surface area contributed by atoms with Crippen LogP contribution in [0.3, 0.4) is 0 Å². The summed E-state index contributed by atoms with van der Waals surface area (Å²) >= 11 is 0. The van der Waals surface area contributed by atoms with E-state index in [2.05, 4.69) is 5.32 Å². The van der Waals surface area contributed by atoms with Crippen molar-refractivity contribution in [3.05, 3.63) is 23.8 Å². The molecule has 0 aromatic heterocycles. The Morgan fingerprint density at radius 1 is 1.13 bits per heavy atom. The minimum atomic E-state index is -0.135. The van der Waals surface area contributed by atoms with Gasteiger partial charge in [0, 0.05) is 12.1 Å². The van der Waals surface area contributed by atoms with Crippen molar-refractivity contribution in [2.24, 2.45) is 0 Å². The molecule has 3 unspecified atom stereocenters. The minimum absolute atomic E-state index is 0.0839. The maximum atomic E-state index is 12.5. The summed E-state index contributed by atoms with van der Waals surface area (Å²) in [6.07, 6.45) is 2.85. The molecule has 1 saturated heterocycles. The van der Waals surface area contributed by atoms with E-state index in [9.17, 15) is 4.79 Å². The number of ether oxygens (including phenoxy) is 4. The van der Waals surface area contributed by atoms with Crippen molar-refractivity contribution in [3.8, 4) is 11.5 Å². The molecule has 3 rings (SSSR count). The molecule has 23 heavy (non-hydrogen) atoms. The second kappa shape index (κ2) is 7.19. The van der Waals surface area contributed by atoms with E-state index in [0.29, 0.717) is 30.3 Å². The number of carbonyl (C=O) groups is 1. The van der Waals surface area contributed by atoms with E-state index in [-0.39, 0.29) is 24.2 Å². The van der Waals surface area contributed by atoms with Gasteiger partial charge in [0.25, 0.3) is 5.91 Å². The number of amides is 1. The number of hydrogen-bond acceptors (Lipinski definition) is 5. The number of hydrogen-bond donors (Lipinski definition) is 1. The molecule has 2 fully saturated rings. The van der Waals surface area contributed by atoms with E-state index < -0.39 is 0 Å². The molecule has 1 amide bonds. The molecule has 126 valence electrons. The van der Waals surface area contributed by atoms with Crippen molar-refractivity contribution < 1.29 is 23.7 Å². The maximum absolute atomic E-state index is 12.5. The highest BCUT2D eigenvalue weighted by molar-refractivity contribution is 5.97. The molecule has 1 N–H and O–H groups in total. The van der Waals surface area contributed by atoms with Gasteiger partial charge in [-0.1, -0.05) is 0 Å². The number of nitrogens with one attached hydrogen (secondary N) is 1. The van der Waals surface area contributed by atoms with Crippen LogP contribution in [-0.4, -0.2) is 51.6 Å². The van der Waals surface area contributed by atoms with Crippen LogP contribution in [0.5, 0.6) is 11.5 Å². The summed E-state index contributed by atoms with van der Waals surface area (Å²) in [7, 11) is 3.13. The van der Waals surface area contributed by atoms with E-state index in [0.717, 1.165) is 19.3 Å². The van der Waals surface area contributed by atoms with E-state index in [1.807, 2.05) is 0 Å². The van der Waals surface area contributed by atoms with Gasteiger partial charge in [-0.2, -0.15) is 0 Å². The number of fused-ring (bicyclic) bond motifs is 1. The zero-order valence-corrected chi connectivity index (χ0v) is 13.5. The molecule has 1 aliphatic heterocycles. The van der Waals surface area contributed by atoms with Crippen molar-refractivity contribution in [2.75, 3.05) is 27.4 Å². The standard InChI is InChI=1S/C17H23NO5/c1-20-12-4-5-13(15(10-12)21-2)17(19)18-11-3-6-14-16(9-11)23-8-7-22-14/h4-5,10-11,14,16H,3,6-9H2,1-2H3,(H,18,19). The fraction of sp³-hybridized carbons (Fsp3) is 0.588. The predicted molar refractivity (Wildman–Crippen MR) is 84.1 cm³/mol. The number of benzene rings is 1. The second-order valence-electron chi connectivity index (χ2n) is 5.87. The normalized spacial score (nSPS) is 27.0. The molecular weight excluding hydrogens is 298 g/mol.